The molecule has 0 aliphatic rings. The molecule has 19 heavy (non-hydrogen) atoms. The first-order valence-corrected chi connectivity index (χ1v) is 5.76. The molecule has 0 spiro atoms. The van der Waals surface area contributed by atoms with Crippen LogP contribution in [0.2, 0.25) is 5.02 Å². The lowest BCUT2D eigenvalue weighted by Crippen LogP contribution is -2.11. The molecule has 0 aliphatic carbocycles. The third-order valence-electron chi connectivity index (χ3n) is 2.49. The number of nitrogens with one attached hydrogen (secondary N) is 1. The van der Waals surface area contributed by atoms with Gasteiger partial charge >= 0.3 is 5.97 Å². The van der Waals surface area contributed by atoms with Gasteiger partial charge in [0.15, 0.2) is 5.76 Å². The third kappa shape index (κ3) is 2.95. The van der Waals surface area contributed by atoms with Gasteiger partial charge in [0.1, 0.15) is 0 Å². The van der Waals surface area contributed by atoms with E-state index in [1.54, 1.807) is 18.2 Å². The minimum Gasteiger partial charge on any atom is -0.475 e. The molecule has 5 nitrogen and oxygen atoms in total. The fraction of sp³-hybridized carbons (Fsp3) is 0.0769. The van der Waals surface area contributed by atoms with Gasteiger partial charge in [-0.2, -0.15) is 0 Å². The highest BCUT2D eigenvalue weighted by molar-refractivity contribution is 6.31. The van der Waals surface area contributed by atoms with Gasteiger partial charge in [-0.1, -0.05) is 17.7 Å². The molecule has 0 unspecified atom stereocenters. The number of carbonyl (C=O) groups is 2. The summed E-state index contributed by atoms with van der Waals surface area (Å²) in [6.45, 7) is 1.82. The maximum atomic E-state index is 11.9. The Morgan fingerprint density at radius 2 is 1.89 bits per heavy atom. The van der Waals surface area contributed by atoms with Gasteiger partial charge in [0.25, 0.3) is 5.91 Å². The van der Waals surface area contributed by atoms with Gasteiger partial charge < -0.3 is 14.8 Å². The SMILES string of the molecule is Cc1ccc(Cl)cc1NC(=O)c1ccc(C(=O)O)o1. The van der Waals surface area contributed by atoms with Gasteiger partial charge in [-0.25, -0.2) is 4.79 Å². The summed E-state index contributed by atoms with van der Waals surface area (Å²) in [4.78, 5) is 22.5. The quantitative estimate of drug-likeness (QED) is 0.904. The summed E-state index contributed by atoms with van der Waals surface area (Å²) >= 11 is 5.84. The maximum absolute atomic E-state index is 11.9. The lowest BCUT2D eigenvalue weighted by atomic mass is 10.2. The van der Waals surface area contributed by atoms with Crippen LogP contribution < -0.4 is 5.32 Å². The molecule has 1 heterocycles. The molecule has 0 bridgehead atoms. The second-order valence-corrected chi connectivity index (χ2v) is 4.32. The van der Waals surface area contributed by atoms with Crippen LogP contribution in [0.4, 0.5) is 5.69 Å². The Labute approximate surface area is 113 Å². The first-order chi connectivity index (χ1) is 8.97. The summed E-state index contributed by atoms with van der Waals surface area (Å²) < 4.78 is 4.90. The molecule has 1 aromatic heterocycles. The Hall–Kier alpha value is -2.27. The average Bonchev–Trinajstić information content (AvgIpc) is 2.83. The van der Waals surface area contributed by atoms with Crippen LogP contribution in [0.5, 0.6) is 0 Å². The molecule has 0 radical (unpaired) electrons. The second-order valence-electron chi connectivity index (χ2n) is 3.88. The summed E-state index contributed by atoms with van der Waals surface area (Å²) in [6, 6.07) is 7.61. The molecule has 0 aliphatic heterocycles. The summed E-state index contributed by atoms with van der Waals surface area (Å²) in [5.41, 5.74) is 1.38. The van der Waals surface area contributed by atoms with Crippen LogP contribution in [0.25, 0.3) is 0 Å². The minimum atomic E-state index is -1.22. The summed E-state index contributed by atoms with van der Waals surface area (Å²) in [7, 11) is 0. The van der Waals surface area contributed by atoms with E-state index < -0.39 is 11.9 Å². The van der Waals surface area contributed by atoms with Crippen LogP contribution in [0.3, 0.4) is 0 Å². The molecule has 0 saturated carbocycles. The van der Waals surface area contributed by atoms with Crippen molar-refractivity contribution in [3.05, 3.63) is 52.4 Å². The zero-order valence-electron chi connectivity index (χ0n) is 9.94. The highest BCUT2D eigenvalue weighted by atomic mass is 35.5. The van der Waals surface area contributed by atoms with E-state index in [4.69, 9.17) is 21.1 Å². The van der Waals surface area contributed by atoms with Gasteiger partial charge in [-0.05, 0) is 36.8 Å². The Kier molecular flexibility index (Phi) is 3.57. The van der Waals surface area contributed by atoms with Gasteiger partial charge in [0.2, 0.25) is 5.76 Å². The lowest BCUT2D eigenvalue weighted by molar-refractivity contribution is 0.0660. The van der Waals surface area contributed by atoms with E-state index in [1.165, 1.54) is 12.1 Å². The number of hydrogen-bond donors (Lipinski definition) is 2. The number of aryl methyl sites for hydroxylation is 1. The standard InChI is InChI=1S/C13H10ClNO4/c1-7-2-3-8(14)6-9(7)15-12(16)10-4-5-11(19-10)13(17)18/h2-6H,1H3,(H,15,16)(H,17,18). The van der Waals surface area contributed by atoms with Crippen molar-refractivity contribution in [1.82, 2.24) is 0 Å². The molecule has 2 aromatic rings. The monoisotopic (exact) mass is 279 g/mol. The van der Waals surface area contributed by atoms with Crippen LogP contribution >= 0.6 is 11.6 Å². The molecular weight excluding hydrogens is 270 g/mol. The number of halogens is 1. The number of carbonyl (C=O) groups excluding carboxylic acids is 1. The van der Waals surface area contributed by atoms with E-state index in [1.807, 2.05) is 6.92 Å². The highest BCUT2D eigenvalue weighted by Crippen LogP contribution is 2.21. The Morgan fingerprint density at radius 3 is 2.53 bits per heavy atom. The molecule has 98 valence electrons. The number of rotatable bonds is 3. The van der Waals surface area contributed by atoms with Crippen LogP contribution in [0.15, 0.2) is 34.7 Å². The number of benzene rings is 1. The second kappa shape index (κ2) is 5.16. The predicted octanol–water partition coefficient (Wildman–Crippen LogP) is 3.19. The molecule has 0 atom stereocenters. The third-order valence-corrected chi connectivity index (χ3v) is 2.72. The molecule has 2 rings (SSSR count). The lowest BCUT2D eigenvalue weighted by Gasteiger charge is -2.07. The maximum Gasteiger partial charge on any atom is 0.371 e. The normalized spacial score (nSPS) is 10.2. The van der Waals surface area contributed by atoms with Gasteiger partial charge in [0.05, 0.1) is 0 Å². The van der Waals surface area contributed by atoms with Gasteiger partial charge in [0, 0.05) is 10.7 Å². The van der Waals surface area contributed by atoms with Crippen molar-refractivity contribution in [3.8, 4) is 0 Å². The Morgan fingerprint density at radius 1 is 1.21 bits per heavy atom. The predicted molar refractivity (Wildman–Crippen MR) is 69.8 cm³/mol. The van der Waals surface area contributed by atoms with E-state index in [9.17, 15) is 9.59 Å². The Balaban J connectivity index is 2.20. The van der Waals surface area contributed by atoms with Crippen molar-refractivity contribution in [3.63, 3.8) is 0 Å². The van der Waals surface area contributed by atoms with Crippen molar-refractivity contribution in [1.29, 1.82) is 0 Å². The van der Waals surface area contributed by atoms with E-state index in [2.05, 4.69) is 5.32 Å². The number of carboxylic acid groups (broad SMARTS) is 1. The van der Waals surface area contributed by atoms with E-state index in [0.29, 0.717) is 10.7 Å². The molecule has 1 amide bonds. The van der Waals surface area contributed by atoms with Crippen LogP contribution in [-0.2, 0) is 0 Å². The topological polar surface area (TPSA) is 79.5 Å². The van der Waals surface area contributed by atoms with Crippen molar-refractivity contribution in [2.75, 3.05) is 5.32 Å². The number of anilines is 1. The first kappa shape index (κ1) is 13.2. The molecule has 2 N–H and O–H groups in total. The minimum absolute atomic E-state index is 0.0724. The molecule has 0 saturated heterocycles. The van der Waals surface area contributed by atoms with Gasteiger partial charge in [-0.3, -0.25) is 4.79 Å². The number of carboxylic acids is 1. The summed E-state index contributed by atoms with van der Waals surface area (Å²) in [5, 5.41) is 11.8. The molecule has 1 aromatic carbocycles. The summed E-state index contributed by atoms with van der Waals surface area (Å²) in [6.07, 6.45) is 0. The highest BCUT2D eigenvalue weighted by Gasteiger charge is 2.15. The number of hydrogen-bond acceptors (Lipinski definition) is 3. The van der Waals surface area contributed by atoms with Crippen LogP contribution in [0, 0.1) is 6.92 Å². The first-order valence-electron chi connectivity index (χ1n) is 5.38. The van der Waals surface area contributed by atoms with E-state index >= 15 is 0 Å². The largest absolute Gasteiger partial charge is 0.475 e. The van der Waals surface area contributed by atoms with Crippen molar-refractivity contribution in [2.24, 2.45) is 0 Å². The van der Waals surface area contributed by atoms with Crippen LogP contribution in [0.1, 0.15) is 26.7 Å². The van der Waals surface area contributed by atoms with Gasteiger partial charge in [-0.15, -0.1) is 0 Å². The summed E-state index contributed by atoms with van der Waals surface area (Å²) in [5.74, 6) is -2.11. The van der Waals surface area contributed by atoms with Crippen LogP contribution in [-0.4, -0.2) is 17.0 Å². The molecular formula is C13H10ClNO4. The number of aromatic carboxylic acids is 1. The van der Waals surface area contributed by atoms with E-state index in [0.717, 1.165) is 5.56 Å². The molecule has 6 heteroatoms. The van der Waals surface area contributed by atoms with Crippen molar-refractivity contribution < 1.29 is 19.1 Å². The fourth-order valence-corrected chi connectivity index (χ4v) is 1.66. The van der Waals surface area contributed by atoms with E-state index in [-0.39, 0.29) is 11.5 Å². The number of amides is 1. The zero-order chi connectivity index (χ0) is 14.0. The fourth-order valence-electron chi connectivity index (χ4n) is 1.49. The van der Waals surface area contributed by atoms with Crippen molar-refractivity contribution in [2.45, 2.75) is 6.92 Å². The zero-order valence-corrected chi connectivity index (χ0v) is 10.7. The number of furan rings is 1. The molecule has 0 fully saturated rings. The Bertz CT molecular complexity index is 648. The average molecular weight is 280 g/mol. The smallest absolute Gasteiger partial charge is 0.371 e. The van der Waals surface area contributed by atoms with Crippen molar-refractivity contribution >= 4 is 29.2 Å².